The summed E-state index contributed by atoms with van der Waals surface area (Å²) in [6.07, 6.45) is 1.73. The molecule has 8 heteroatoms. The van der Waals surface area contributed by atoms with Gasteiger partial charge in [-0.3, -0.25) is 10.1 Å². The molecular weight excluding hydrogens is 434 g/mol. The Labute approximate surface area is 187 Å². The maximum atomic E-state index is 11.0. The number of nitrogens with zero attached hydrogens (tertiary/aromatic N) is 3. The van der Waals surface area contributed by atoms with E-state index in [0.717, 1.165) is 33.0 Å². The highest BCUT2D eigenvalue weighted by molar-refractivity contribution is 7.19. The Hall–Kier alpha value is -3.55. The fourth-order valence-corrected chi connectivity index (χ4v) is 4.01. The van der Waals surface area contributed by atoms with E-state index < -0.39 is 4.92 Å². The Balaban J connectivity index is 1.75. The van der Waals surface area contributed by atoms with Gasteiger partial charge >= 0.3 is 0 Å². The van der Waals surface area contributed by atoms with Crippen LogP contribution < -0.4 is 4.74 Å². The average molecular weight is 450 g/mol. The summed E-state index contributed by atoms with van der Waals surface area (Å²) in [6.45, 7) is 0. The fourth-order valence-electron chi connectivity index (χ4n) is 2.95. The van der Waals surface area contributed by atoms with E-state index in [-0.39, 0.29) is 5.69 Å². The monoisotopic (exact) mass is 449 g/mol. The smallest absolute Gasteiger partial charge is 0.269 e. The van der Waals surface area contributed by atoms with Crippen LogP contribution in [-0.2, 0) is 0 Å². The van der Waals surface area contributed by atoms with E-state index in [1.54, 1.807) is 37.6 Å². The molecule has 1 heterocycles. The molecule has 3 aromatic carbocycles. The number of ether oxygens (including phenoxy) is 1. The Kier molecular flexibility index (Phi) is 6.06. The van der Waals surface area contributed by atoms with Crippen LogP contribution in [0.3, 0.4) is 0 Å². The minimum Gasteiger partial charge on any atom is -0.497 e. The molecule has 0 bridgehead atoms. The normalized spacial score (nSPS) is 11.0. The van der Waals surface area contributed by atoms with Gasteiger partial charge in [0.15, 0.2) is 0 Å². The lowest BCUT2D eigenvalue weighted by molar-refractivity contribution is -0.384. The van der Waals surface area contributed by atoms with Gasteiger partial charge in [-0.1, -0.05) is 47.2 Å². The van der Waals surface area contributed by atoms with Crippen molar-refractivity contribution in [1.82, 2.24) is 4.98 Å². The molecule has 0 aliphatic carbocycles. The first kappa shape index (κ1) is 20.7. The molecule has 31 heavy (non-hydrogen) atoms. The minimum absolute atomic E-state index is 0.0394. The second-order valence-corrected chi connectivity index (χ2v) is 7.93. The number of methoxy groups -OCH3 is 1. The van der Waals surface area contributed by atoms with Crippen molar-refractivity contribution in [3.8, 4) is 27.4 Å². The van der Waals surface area contributed by atoms with E-state index in [4.69, 9.17) is 21.3 Å². The molecule has 0 aliphatic heterocycles. The first-order valence-corrected chi connectivity index (χ1v) is 10.4. The van der Waals surface area contributed by atoms with Gasteiger partial charge in [0.1, 0.15) is 5.75 Å². The van der Waals surface area contributed by atoms with Gasteiger partial charge in [0.25, 0.3) is 5.69 Å². The number of non-ortho nitro benzene ring substituents is 1. The van der Waals surface area contributed by atoms with E-state index >= 15 is 0 Å². The molecule has 4 aromatic rings. The van der Waals surface area contributed by atoms with Crippen molar-refractivity contribution in [1.29, 1.82) is 0 Å². The topological polar surface area (TPSA) is 77.6 Å². The van der Waals surface area contributed by atoms with E-state index in [1.165, 1.54) is 23.5 Å². The number of nitro groups is 1. The molecule has 0 fully saturated rings. The predicted molar refractivity (Wildman–Crippen MR) is 125 cm³/mol. The van der Waals surface area contributed by atoms with Crippen molar-refractivity contribution in [3.63, 3.8) is 0 Å². The molecule has 0 spiro atoms. The van der Waals surface area contributed by atoms with Crippen LogP contribution in [0.4, 0.5) is 10.8 Å². The Morgan fingerprint density at radius 3 is 2.45 bits per heavy atom. The third-order valence-corrected chi connectivity index (χ3v) is 5.76. The van der Waals surface area contributed by atoms with Crippen LogP contribution in [0.2, 0.25) is 5.02 Å². The number of aromatic nitrogens is 1. The number of aliphatic imine (C=N–C) groups is 1. The number of halogens is 1. The number of rotatable bonds is 6. The third kappa shape index (κ3) is 4.79. The van der Waals surface area contributed by atoms with Crippen molar-refractivity contribution in [3.05, 3.63) is 93.5 Å². The highest BCUT2D eigenvalue weighted by Gasteiger charge is 2.16. The van der Waals surface area contributed by atoms with Gasteiger partial charge in [-0.2, -0.15) is 0 Å². The van der Waals surface area contributed by atoms with Crippen LogP contribution in [0, 0.1) is 10.1 Å². The van der Waals surface area contributed by atoms with Crippen molar-refractivity contribution in [2.24, 2.45) is 4.99 Å². The zero-order valence-electron chi connectivity index (χ0n) is 16.4. The van der Waals surface area contributed by atoms with Crippen LogP contribution in [0.25, 0.3) is 21.7 Å². The maximum Gasteiger partial charge on any atom is 0.269 e. The van der Waals surface area contributed by atoms with Gasteiger partial charge in [0.2, 0.25) is 5.13 Å². The zero-order valence-corrected chi connectivity index (χ0v) is 17.9. The lowest BCUT2D eigenvalue weighted by Gasteiger charge is -2.03. The third-order valence-electron chi connectivity index (χ3n) is 4.49. The van der Waals surface area contributed by atoms with Gasteiger partial charge in [0.05, 0.1) is 22.6 Å². The van der Waals surface area contributed by atoms with E-state index in [2.05, 4.69) is 4.99 Å². The molecule has 0 radical (unpaired) electrons. The van der Waals surface area contributed by atoms with Crippen molar-refractivity contribution in [2.75, 3.05) is 7.11 Å². The predicted octanol–water partition coefficient (Wildman–Crippen LogP) is 6.80. The van der Waals surface area contributed by atoms with Crippen molar-refractivity contribution in [2.45, 2.75) is 0 Å². The van der Waals surface area contributed by atoms with E-state index in [1.807, 2.05) is 36.4 Å². The maximum absolute atomic E-state index is 11.0. The molecule has 0 unspecified atom stereocenters. The van der Waals surface area contributed by atoms with Crippen LogP contribution in [0.15, 0.2) is 77.8 Å². The SMILES string of the molecule is COc1cccc(C=Nc2nc(-c3ccc(Cl)cc3)c(-c3ccc([N+](=O)[O-])cc3)s2)c1. The Bertz CT molecular complexity index is 1250. The summed E-state index contributed by atoms with van der Waals surface area (Å²) in [5, 5.41) is 12.2. The summed E-state index contributed by atoms with van der Waals surface area (Å²) in [5.74, 6) is 0.747. The lowest BCUT2D eigenvalue weighted by atomic mass is 10.1. The van der Waals surface area contributed by atoms with Crippen LogP contribution >= 0.6 is 22.9 Å². The number of hydrogen-bond donors (Lipinski definition) is 0. The van der Waals surface area contributed by atoms with Gasteiger partial charge in [-0.15, -0.1) is 0 Å². The minimum atomic E-state index is -0.416. The molecule has 0 N–H and O–H groups in total. The standard InChI is InChI=1S/C23H16ClN3O3S/c1-30-20-4-2-3-15(13-20)14-25-23-26-21(16-5-9-18(24)10-6-16)22(31-23)17-7-11-19(12-8-17)27(28)29/h2-14H,1H3. The molecule has 0 amide bonds. The first-order chi connectivity index (χ1) is 15.0. The molecule has 154 valence electrons. The molecule has 0 saturated carbocycles. The molecule has 0 atom stereocenters. The summed E-state index contributed by atoms with van der Waals surface area (Å²) >= 11 is 7.45. The largest absolute Gasteiger partial charge is 0.497 e. The summed E-state index contributed by atoms with van der Waals surface area (Å²) in [6, 6.07) is 21.4. The molecule has 0 saturated heterocycles. The van der Waals surface area contributed by atoms with E-state index in [0.29, 0.717) is 10.2 Å². The number of benzene rings is 3. The summed E-state index contributed by atoms with van der Waals surface area (Å²) in [7, 11) is 1.62. The van der Waals surface area contributed by atoms with Gasteiger partial charge in [-0.05, 0) is 47.5 Å². The summed E-state index contributed by atoms with van der Waals surface area (Å²) < 4.78 is 5.25. The van der Waals surface area contributed by atoms with E-state index in [9.17, 15) is 10.1 Å². The second kappa shape index (κ2) is 9.07. The number of nitro benzene ring substituents is 1. The van der Waals surface area contributed by atoms with Gasteiger partial charge in [0, 0.05) is 28.9 Å². The Morgan fingerprint density at radius 2 is 1.77 bits per heavy atom. The van der Waals surface area contributed by atoms with Crippen LogP contribution in [-0.4, -0.2) is 23.2 Å². The summed E-state index contributed by atoms with van der Waals surface area (Å²) in [4.78, 5) is 20.7. The van der Waals surface area contributed by atoms with Crippen LogP contribution in [0.5, 0.6) is 5.75 Å². The summed E-state index contributed by atoms with van der Waals surface area (Å²) in [5.41, 5.74) is 3.39. The van der Waals surface area contributed by atoms with Crippen molar-refractivity contribution < 1.29 is 9.66 Å². The first-order valence-electron chi connectivity index (χ1n) is 9.23. The quantitative estimate of drug-likeness (QED) is 0.184. The lowest BCUT2D eigenvalue weighted by Crippen LogP contribution is -1.87. The Morgan fingerprint density at radius 1 is 1.06 bits per heavy atom. The molecule has 1 aromatic heterocycles. The van der Waals surface area contributed by atoms with Crippen LogP contribution in [0.1, 0.15) is 5.56 Å². The molecule has 4 rings (SSSR count). The average Bonchev–Trinajstić information content (AvgIpc) is 3.22. The highest BCUT2D eigenvalue weighted by atomic mass is 35.5. The molecule has 0 aliphatic rings. The van der Waals surface area contributed by atoms with Crippen molar-refractivity contribution >= 4 is 40.0 Å². The fraction of sp³-hybridized carbons (Fsp3) is 0.0435. The second-order valence-electron chi connectivity index (χ2n) is 6.52. The number of hydrogen-bond acceptors (Lipinski definition) is 6. The molecular formula is C23H16ClN3O3S. The highest BCUT2D eigenvalue weighted by Crippen LogP contribution is 2.40. The number of thiazole rings is 1. The zero-order chi connectivity index (χ0) is 21.8. The van der Waals surface area contributed by atoms with Gasteiger partial charge < -0.3 is 4.74 Å². The van der Waals surface area contributed by atoms with Gasteiger partial charge in [-0.25, -0.2) is 9.98 Å². The molecule has 6 nitrogen and oxygen atoms in total.